The topological polar surface area (TPSA) is 33.1 Å². The summed E-state index contributed by atoms with van der Waals surface area (Å²) in [6.45, 7) is 5.79. The molecule has 1 N–H and O–H groups in total. The molecule has 2 heterocycles. The third-order valence-electron chi connectivity index (χ3n) is 4.04. The SMILES string of the molecule is CC1CC(NCCCCn2ccnc2)CCN1C. The van der Waals surface area contributed by atoms with E-state index in [1.54, 1.807) is 0 Å². The van der Waals surface area contributed by atoms with Gasteiger partial charge in [0, 0.05) is 31.0 Å². The normalized spacial score (nSPS) is 25.4. The molecule has 1 fully saturated rings. The highest BCUT2D eigenvalue weighted by atomic mass is 15.1. The van der Waals surface area contributed by atoms with Crippen molar-refractivity contribution in [2.45, 2.75) is 51.2 Å². The second-order valence-electron chi connectivity index (χ2n) is 5.51. The van der Waals surface area contributed by atoms with Gasteiger partial charge in [-0.3, -0.25) is 0 Å². The first-order chi connectivity index (χ1) is 8.75. The minimum absolute atomic E-state index is 0.724. The zero-order valence-corrected chi connectivity index (χ0v) is 11.7. The molecule has 1 saturated heterocycles. The Balaban J connectivity index is 1.53. The van der Waals surface area contributed by atoms with Gasteiger partial charge in [0.1, 0.15) is 0 Å². The Morgan fingerprint density at radius 2 is 2.28 bits per heavy atom. The van der Waals surface area contributed by atoms with Crippen molar-refractivity contribution in [3.8, 4) is 0 Å². The average molecular weight is 250 g/mol. The van der Waals surface area contributed by atoms with Crippen LogP contribution in [0.3, 0.4) is 0 Å². The molecule has 0 aromatic carbocycles. The number of hydrogen-bond donors (Lipinski definition) is 1. The zero-order valence-electron chi connectivity index (χ0n) is 11.7. The van der Waals surface area contributed by atoms with Crippen LogP contribution >= 0.6 is 0 Å². The molecule has 0 bridgehead atoms. The van der Waals surface area contributed by atoms with Gasteiger partial charge in [0.05, 0.1) is 6.33 Å². The standard InChI is InChI=1S/C14H26N4/c1-13-11-14(5-9-17(13)2)16-6-3-4-8-18-10-7-15-12-18/h7,10,12-14,16H,3-6,8-9,11H2,1-2H3. The maximum Gasteiger partial charge on any atom is 0.0945 e. The van der Waals surface area contributed by atoms with Crippen LogP contribution in [0.4, 0.5) is 0 Å². The number of hydrogen-bond acceptors (Lipinski definition) is 3. The Kier molecular flexibility index (Phi) is 5.20. The van der Waals surface area contributed by atoms with Gasteiger partial charge in [0.2, 0.25) is 0 Å². The molecule has 1 aromatic rings. The molecule has 0 amide bonds. The third-order valence-corrected chi connectivity index (χ3v) is 4.04. The fourth-order valence-corrected chi connectivity index (χ4v) is 2.62. The predicted molar refractivity (Wildman–Crippen MR) is 74.6 cm³/mol. The quantitative estimate of drug-likeness (QED) is 0.781. The number of nitrogens with one attached hydrogen (secondary N) is 1. The van der Waals surface area contributed by atoms with Crippen LogP contribution in [0.5, 0.6) is 0 Å². The molecule has 102 valence electrons. The Hall–Kier alpha value is -0.870. The van der Waals surface area contributed by atoms with E-state index in [9.17, 15) is 0 Å². The fourth-order valence-electron chi connectivity index (χ4n) is 2.62. The summed E-state index contributed by atoms with van der Waals surface area (Å²) in [5.74, 6) is 0. The van der Waals surface area contributed by atoms with Crippen molar-refractivity contribution in [2.24, 2.45) is 0 Å². The molecule has 0 saturated carbocycles. The summed E-state index contributed by atoms with van der Waals surface area (Å²) < 4.78 is 2.15. The molecule has 0 spiro atoms. The fraction of sp³-hybridized carbons (Fsp3) is 0.786. The maximum atomic E-state index is 4.05. The van der Waals surface area contributed by atoms with Crippen molar-refractivity contribution in [3.63, 3.8) is 0 Å². The first kappa shape index (κ1) is 13.6. The predicted octanol–water partition coefficient (Wildman–Crippen LogP) is 1.74. The van der Waals surface area contributed by atoms with E-state index in [1.165, 1.54) is 32.2 Å². The molecule has 2 atom stereocenters. The van der Waals surface area contributed by atoms with Crippen LogP contribution in [0.25, 0.3) is 0 Å². The third kappa shape index (κ3) is 4.10. The molecular formula is C14H26N4. The van der Waals surface area contributed by atoms with E-state index < -0.39 is 0 Å². The highest BCUT2D eigenvalue weighted by Crippen LogP contribution is 2.15. The molecule has 2 unspecified atom stereocenters. The first-order valence-corrected chi connectivity index (χ1v) is 7.15. The smallest absolute Gasteiger partial charge is 0.0945 e. The van der Waals surface area contributed by atoms with E-state index in [1.807, 2.05) is 18.7 Å². The van der Waals surface area contributed by atoms with Crippen LogP contribution < -0.4 is 5.32 Å². The summed E-state index contributed by atoms with van der Waals surface area (Å²) >= 11 is 0. The molecule has 0 aliphatic carbocycles. The molecule has 1 aliphatic rings. The zero-order chi connectivity index (χ0) is 12.8. The van der Waals surface area contributed by atoms with E-state index >= 15 is 0 Å². The monoisotopic (exact) mass is 250 g/mol. The van der Waals surface area contributed by atoms with Gasteiger partial charge in [-0.2, -0.15) is 0 Å². The minimum Gasteiger partial charge on any atom is -0.337 e. The van der Waals surface area contributed by atoms with Crippen molar-refractivity contribution >= 4 is 0 Å². The Bertz CT molecular complexity index is 323. The molecular weight excluding hydrogens is 224 g/mol. The number of aromatic nitrogens is 2. The highest BCUT2D eigenvalue weighted by molar-refractivity contribution is 4.81. The van der Waals surface area contributed by atoms with Crippen molar-refractivity contribution in [2.75, 3.05) is 20.1 Å². The molecule has 1 aliphatic heterocycles. The number of piperidine rings is 1. The van der Waals surface area contributed by atoms with Crippen LogP contribution in [0.15, 0.2) is 18.7 Å². The first-order valence-electron chi connectivity index (χ1n) is 7.15. The average Bonchev–Trinajstić information content (AvgIpc) is 2.86. The summed E-state index contributed by atoms with van der Waals surface area (Å²) in [6.07, 6.45) is 10.8. The number of likely N-dealkylation sites (tertiary alicyclic amines) is 1. The van der Waals surface area contributed by atoms with Crippen LogP contribution in [-0.4, -0.2) is 46.7 Å². The van der Waals surface area contributed by atoms with Gasteiger partial charge in [0.15, 0.2) is 0 Å². The molecule has 1 aromatic heterocycles. The summed E-state index contributed by atoms with van der Waals surface area (Å²) in [7, 11) is 2.23. The number of imidazole rings is 1. The van der Waals surface area contributed by atoms with E-state index in [0.717, 1.165) is 25.2 Å². The van der Waals surface area contributed by atoms with Gasteiger partial charge >= 0.3 is 0 Å². The van der Waals surface area contributed by atoms with Crippen molar-refractivity contribution < 1.29 is 0 Å². The second kappa shape index (κ2) is 6.90. The van der Waals surface area contributed by atoms with Gasteiger partial charge in [-0.15, -0.1) is 0 Å². The second-order valence-corrected chi connectivity index (χ2v) is 5.51. The minimum atomic E-state index is 0.724. The summed E-state index contributed by atoms with van der Waals surface area (Å²) in [6, 6.07) is 1.45. The highest BCUT2D eigenvalue weighted by Gasteiger charge is 2.21. The summed E-state index contributed by atoms with van der Waals surface area (Å²) in [5, 5.41) is 3.70. The van der Waals surface area contributed by atoms with E-state index in [0.29, 0.717) is 0 Å². The lowest BCUT2D eigenvalue weighted by Crippen LogP contribution is -2.45. The largest absolute Gasteiger partial charge is 0.337 e. The molecule has 18 heavy (non-hydrogen) atoms. The lowest BCUT2D eigenvalue weighted by Gasteiger charge is -2.35. The van der Waals surface area contributed by atoms with Crippen molar-refractivity contribution in [1.82, 2.24) is 19.8 Å². The number of aryl methyl sites for hydroxylation is 1. The number of nitrogens with zero attached hydrogens (tertiary/aromatic N) is 3. The lowest BCUT2D eigenvalue weighted by molar-refractivity contribution is 0.168. The Morgan fingerprint density at radius 3 is 3.00 bits per heavy atom. The molecule has 4 heteroatoms. The Labute approximate surface area is 110 Å². The van der Waals surface area contributed by atoms with Gasteiger partial charge in [-0.25, -0.2) is 4.98 Å². The summed E-state index contributed by atoms with van der Waals surface area (Å²) in [5.41, 5.74) is 0. The maximum absolute atomic E-state index is 4.05. The van der Waals surface area contributed by atoms with Gasteiger partial charge in [-0.1, -0.05) is 0 Å². The van der Waals surface area contributed by atoms with Crippen LogP contribution in [0, 0.1) is 0 Å². The van der Waals surface area contributed by atoms with Gasteiger partial charge in [-0.05, 0) is 52.7 Å². The van der Waals surface area contributed by atoms with Gasteiger partial charge < -0.3 is 14.8 Å². The number of rotatable bonds is 6. The lowest BCUT2D eigenvalue weighted by atomic mass is 9.99. The van der Waals surface area contributed by atoms with E-state index in [-0.39, 0.29) is 0 Å². The molecule has 0 radical (unpaired) electrons. The molecule has 4 nitrogen and oxygen atoms in total. The Morgan fingerprint density at radius 1 is 1.39 bits per heavy atom. The van der Waals surface area contributed by atoms with Gasteiger partial charge in [0.25, 0.3) is 0 Å². The van der Waals surface area contributed by atoms with Crippen LogP contribution in [0.2, 0.25) is 0 Å². The summed E-state index contributed by atoms with van der Waals surface area (Å²) in [4.78, 5) is 6.51. The molecule has 2 rings (SSSR count). The van der Waals surface area contributed by atoms with Crippen molar-refractivity contribution in [1.29, 1.82) is 0 Å². The van der Waals surface area contributed by atoms with E-state index in [4.69, 9.17) is 0 Å². The van der Waals surface area contributed by atoms with Crippen molar-refractivity contribution in [3.05, 3.63) is 18.7 Å². The van der Waals surface area contributed by atoms with E-state index in [2.05, 4.69) is 33.7 Å². The van der Waals surface area contributed by atoms with Crippen LogP contribution in [-0.2, 0) is 6.54 Å². The number of unbranched alkanes of at least 4 members (excludes halogenated alkanes) is 1. The van der Waals surface area contributed by atoms with Crippen LogP contribution in [0.1, 0.15) is 32.6 Å².